The summed E-state index contributed by atoms with van der Waals surface area (Å²) in [6, 6.07) is 17.5. The minimum Gasteiger partial charge on any atom is -0.361 e. The van der Waals surface area contributed by atoms with Gasteiger partial charge in [0.05, 0.1) is 18.2 Å². The van der Waals surface area contributed by atoms with E-state index in [1.165, 1.54) is 5.56 Å². The fraction of sp³-hybridized carbons (Fsp3) is 0.222. The number of hydrogen-bond donors (Lipinski definition) is 0. The second-order valence-electron chi connectivity index (χ2n) is 5.42. The lowest BCUT2D eigenvalue weighted by Crippen LogP contribution is -2.34. The number of Topliss-reactive ketones (excluding diaryl/α,β-unsaturated/α-hetero) is 1. The summed E-state index contributed by atoms with van der Waals surface area (Å²) in [6.07, 6.45) is 0.983. The lowest BCUT2D eigenvalue weighted by Gasteiger charge is -2.24. The quantitative estimate of drug-likeness (QED) is 0.809. The van der Waals surface area contributed by atoms with Gasteiger partial charge in [0, 0.05) is 17.3 Å². The molecule has 0 saturated carbocycles. The Morgan fingerprint density at radius 2 is 1.95 bits per heavy atom. The minimum atomic E-state index is 0.0862. The van der Waals surface area contributed by atoms with Gasteiger partial charge < -0.3 is 4.90 Å². The molecule has 2 aromatic carbocycles. The van der Waals surface area contributed by atoms with Gasteiger partial charge in [-0.1, -0.05) is 30.3 Å². The smallest absolute Gasteiger partial charge is 0.182 e. The highest BCUT2D eigenvalue weighted by Crippen LogP contribution is 2.31. The van der Waals surface area contributed by atoms with Crippen LogP contribution in [-0.2, 0) is 6.42 Å². The van der Waals surface area contributed by atoms with E-state index in [-0.39, 0.29) is 5.78 Å². The van der Waals surface area contributed by atoms with Gasteiger partial charge in [-0.2, -0.15) is 5.26 Å². The minimum absolute atomic E-state index is 0.0862. The number of anilines is 1. The average Bonchev–Trinajstić information content (AvgIpc) is 2.83. The Morgan fingerprint density at radius 3 is 2.67 bits per heavy atom. The predicted molar refractivity (Wildman–Crippen MR) is 82.4 cm³/mol. The van der Waals surface area contributed by atoms with Crippen molar-refractivity contribution in [3.63, 3.8) is 0 Å². The standard InChI is InChI=1S/C18H16N2O/c1-13-10-16-4-2-3-5-17(16)20(13)12-18(21)15-8-6-14(11-19)7-9-15/h2-9,13H,10,12H2,1H3. The Bertz CT molecular complexity index is 713. The van der Waals surface area contributed by atoms with Gasteiger partial charge in [0.15, 0.2) is 5.78 Å². The summed E-state index contributed by atoms with van der Waals surface area (Å²) in [6.45, 7) is 2.52. The second-order valence-corrected chi connectivity index (χ2v) is 5.42. The molecule has 0 radical (unpaired) electrons. The second kappa shape index (κ2) is 5.41. The van der Waals surface area contributed by atoms with Crippen molar-refractivity contribution < 1.29 is 4.79 Å². The number of carbonyl (C=O) groups excluding carboxylic acids is 1. The van der Waals surface area contributed by atoms with E-state index in [0.717, 1.165) is 12.1 Å². The summed E-state index contributed by atoms with van der Waals surface area (Å²) in [5.74, 6) is 0.0862. The number of nitrogens with zero attached hydrogens (tertiary/aromatic N) is 2. The first kappa shape index (κ1) is 13.4. The first-order chi connectivity index (χ1) is 10.2. The van der Waals surface area contributed by atoms with E-state index in [1.807, 2.05) is 12.1 Å². The molecule has 21 heavy (non-hydrogen) atoms. The van der Waals surface area contributed by atoms with Gasteiger partial charge in [-0.25, -0.2) is 0 Å². The normalized spacial score (nSPS) is 16.4. The van der Waals surface area contributed by atoms with E-state index < -0.39 is 0 Å². The lowest BCUT2D eigenvalue weighted by molar-refractivity contribution is 0.0997. The summed E-state index contributed by atoms with van der Waals surface area (Å²) in [5, 5.41) is 8.80. The van der Waals surface area contributed by atoms with Crippen LogP contribution in [0.25, 0.3) is 0 Å². The summed E-state index contributed by atoms with van der Waals surface area (Å²) >= 11 is 0. The topological polar surface area (TPSA) is 44.1 Å². The van der Waals surface area contributed by atoms with Gasteiger partial charge in [0.1, 0.15) is 0 Å². The fourth-order valence-electron chi connectivity index (χ4n) is 2.85. The molecule has 3 heteroatoms. The van der Waals surface area contributed by atoms with E-state index in [2.05, 4.69) is 30.0 Å². The van der Waals surface area contributed by atoms with Crippen molar-refractivity contribution in [2.75, 3.05) is 11.4 Å². The largest absolute Gasteiger partial charge is 0.361 e. The molecule has 1 unspecified atom stereocenters. The fourth-order valence-corrected chi connectivity index (χ4v) is 2.85. The van der Waals surface area contributed by atoms with Gasteiger partial charge in [0.2, 0.25) is 0 Å². The predicted octanol–water partition coefficient (Wildman–Crippen LogP) is 3.19. The van der Waals surface area contributed by atoms with E-state index in [9.17, 15) is 4.79 Å². The maximum atomic E-state index is 12.4. The highest BCUT2D eigenvalue weighted by molar-refractivity contribution is 5.99. The van der Waals surface area contributed by atoms with Crippen molar-refractivity contribution in [1.82, 2.24) is 0 Å². The van der Waals surface area contributed by atoms with E-state index >= 15 is 0 Å². The molecular weight excluding hydrogens is 260 g/mol. The van der Waals surface area contributed by atoms with Crippen molar-refractivity contribution >= 4 is 11.5 Å². The number of rotatable bonds is 3. The molecular formula is C18H16N2O. The number of para-hydroxylation sites is 1. The van der Waals surface area contributed by atoms with Crippen LogP contribution >= 0.6 is 0 Å². The highest BCUT2D eigenvalue weighted by atomic mass is 16.1. The van der Waals surface area contributed by atoms with E-state index in [0.29, 0.717) is 23.7 Å². The van der Waals surface area contributed by atoms with Crippen LogP contribution in [0.2, 0.25) is 0 Å². The number of ketones is 1. The SMILES string of the molecule is CC1Cc2ccccc2N1CC(=O)c1ccc(C#N)cc1. The first-order valence-electron chi connectivity index (χ1n) is 7.07. The molecule has 0 fully saturated rings. The molecule has 0 aromatic heterocycles. The molecule has 1 aliphatic rings. The van der Waals surface area contributed by atoms with Crippen LogP contribution < -0.4 is 4.90 Å². The Morgan fingerprint density at radius 1 is 1.24 bits per heavy atom. The third-order valence-corrected chi connectivity index (χ3v) is 4.00. The van der Waals surface area contributed by atoms with Crippen molar-refractivity contribution in [3.8, 4) is 6.07 Å². The molecule has 0 amide bonds. The molecule has 2 aromatic rings. The Labute approximate surface area is 124 Å². The molecule has 1 heterocycles. The summed E-state index contributed by atoms with van der Waals surface area (Å²) in [5.41, 5.74) is 3.70. The van der Waals surface area contributed by atoms with Crippen molar-refractivity contribution in [1.29, 1.82) is 5.26 Å². The number of fused-ring (bicyclic) bond motifs is 1. The molecule has 3 rings (SSSR count). The molecule has 0 aliphatic carbocycles. The third-order valence-electron chi connectivity index (χ3n) is 4.00. The number of carbonyl (C=O) groups is 1. The zero-order valence-corrected chi connectivity index (χ0v) is 11.9. The van der Waals surface area contributed by atoms with Crippen LogP contribution in [0.5, 0.6) is 0 Å². The Kier molecular flexibility index (Phi) is 3.45. The molecule has 1 aliphatic heterocycles. The molecule has 3 nitrogen and oxygen atoms in total. The van der Waals surface area contributed by atoms with Crippen LogP contribution in [0.15, 0.2) is 48.5 Å². The van der Waals surface area contributed by atoms with E-state index in [1.54, 1.807) is 24.3 Å². The van der Waals surface area contributed by atoms with Gasteiger partial charge >= 0.3 is 0 Å². The highest BCUT2D eigenvalue weighted by Gasteiger charge is 2.27. The lowest BCUT2D eigenvalue weighted by atomic mass is 10.1. The van der Waals surface area contributed by atoms with Crippen LogP contribution in [-0.4, -0.2) is 18.4 Å². The number of hydrogen-bond acceptors (Lipinski definition) is 3. The third kappa shape index (κ3) is 2.53. The monoisotopic (exact) mass is 276 g/mol. The molecule has 0 spiro atoms. The van der Waals surface area contributed by atoms with Crippen molar-refractivity contribution in [2.24, 2.45) is 0 Å². The maximum Gasteiger partial charge on any atom is 0.182 e. The number of benzene rings is 2. The van der Waals surface area contributed by atoms with Crippen LogP contribution in [0.3, 0.4) is 0 Å². The van der Waals surface area contributed by atoms with E-state index in [4.69, 9.17) is 5.26 Å². The molecule has 104 valence electrons. The summed E-state index contributed by atoms with van der Waals surface area (Å²) in [4.78, 5) is 14.6. The maximum absolute atomic E-state index is 12.4. The molecule has 0 bridgehead atoms. The Balaban J connectivity index is 1.80. The van der Waals surface area contributed by atoms with Crippen molar-refractivity contribution in [2.45, 2.75) is 19.4 Å². The Hall–Kier alpha value is -2.60. The summed E-state index contributed by atoms with van der Waals surface area (Å²) in [7, 11) is 0. The zero-order valence-electron chi connectivity index (χ0n) is 11.9. The zero-order chi connectivity index (χ0) is 14.8. The molecule has 0 N–H and O–H groups in total. The van der Waals surface area contributed by atoms with Crippen LogP contribution in [0.4, 0.5) is 5.69 Å². The van der Waals surface area contributed by atoms with Gasteiger partial charge in [-0.05, 0) is 37.1 Å². The summed E-state index contributed by atoms with van der Waals surface area (Å²) < 4.78 is 0. The number of nitriles is 1. The van der Waals surface area contributed by atoms with Gasteiger partial charge in [0.25, 0.3) is 0 Å². The van der Waals surface area contributed by atoms with Crippen LogP contribution in [0, 0.1) is 11.3 Å². The average molecular weight is 276 g/mol. The molecule has 0 saturated heterocycles. The van der Waals surface area contributed by atoms with Gasteiger partial charge in [-0.15, -0.1) is 0 Å². The first-order valence-corrected chi connectivity index (χ1v) is 7.07. The van der Waals surface area contributed by atoms with Gasteiger partial charge in [-0.3, -0.25) is 4.79 Å². The van der Waals surface area contributed by atoms with Crippen molar-refractivity contribution in [3.05, 3.63) is 65.2 Å². The van der Waals surface area contributed by atoms with Crippen LogP contribution in [0.1, 0.15) is 28.4 Å². The molecule has 1 atom stereocenters.